The van der Waals surface area contributed by atoms with E-state index in [1.54, 1.807) is 0 Å². The molecule has 1 aromatic carbocycles. The van der Waals surface area contributed by atoms with Crippen LogP contribution in [0.5, 0.6) is 0 Å². The van der Waals surface area contributed by atoms with Crippen molar-refractivity contribution in [1.29, 1.82) is 0 Å². The topological polar surface area (TPSA) is 55.0 Å². The van der Waals surface area contributed by atoms with E-state index in [0.29, 0.717) is 11.6 Å². The number of anilines is 2. The number of hydrogen-bond donors (Lipinski definition) is 1. The third kappa shape index (κ3) is 4.45. The van der Waals surface area contributed by atoms with E-state index in [4.69, 9.17) is 10.7 Å². The van der Waals surface area contributed by atoms with E-state index in [1.807, 2.05) is 36.4 Å². The van der Waals surface area contributed by atoms with Crippen LogP contribution in [0.3, 0.4) is 0 Å². The smallest absolute Gasteiger partial charge is 0.163 e. The van der Waals surface area contributed by atoms with Gasteiger partial charge in [-0.2, -0.15) is 0 Å². The normalized spacial score (nSPS) is 10.6. The molecule has 0 saturated carbocycles. The van der Waals surface area contributed by atoms with Crippen molar-refractivity contribution in [3.63, 3.8) is 0 Å². The molecule has 0 unspecified atom stereocenters. The number of nitrogen functional groups attached to an aromatic ring is 1. The first-order valence-electron chi connectivity index (χ1n) is 8.19. The largest absolute Gasteiger partial charge is 0.384 e. The predicted molar refractivity (Wildman–Crippen MR) is 93.9 cm³/mol. The minimum absolute atomic E-state index is 0.529. The zero-order chi connectivity index (χ0) is 15.8. The molecule has 4 nitrogen and oxygen atoms in total. The summed E-state index contributed by atoms with van der Waals surface area (Å²) >= 11 is 0. The van der Waals surface area contributed by atoms with E-state index in [0.717, 1.165) is 37.3 Å². The van der Waals surface area contributed by atoms with Gasteiger partial charge in [0, 0.05) is 24.7 Å². The van der Waals surface area contributed by atoms with Crippen molar-refractivity contribution in [3.05, 3.63) is 36.4 Å². The average molecular weight is 298 g/mol. The van der Waals surface area contributed by atoms with E-state index >= 15 is 0 Å². The Labute approximate surface area is 133 Å². The maximum Gasteiger partial charge on any atom is 0.163 e. The molecule has 0 spiro atoms. The summed E-state index contributed by atoms with van der Waals surface area (Å²) in [6.45, 7) is 6.45. The SMILES string of the molecule is CCCCN(CCCC)c1cc(N)nc(-c2ccccc2)n1. The highest BCUT2D eigenvalue weighted by atomic mass is 15.2. The molecule has 118 valence electrons. The molecule has 0 aliphatic carbocycles. The molecule has 2 rings (SSSR count). The molecule has 0 aliphatic heterocycles. The van der Waals surface area contributed by atoms with Crippen molar-refractivity contribution < 1.29 is 0 Å². The van der Waals surface area contributed by atoms with Gasteiger partial charge in [0.15, 0.2) is 5.82 Å². The maximum atomic E-state index is 6.01. The summed E-state index contributed by atoms with van der Waals surface area (Å²) in [4.78, 5) is 11.5. The van der Waals surface area contributed by atoms with Gasteiger partial charge in [-0.25, -0.2) is 9.97 Å². The highest BCUT2D eigenvalue weighted by Gasteiger charge is 2.11. The molecule has 0 bridgehead atoms. The van der Waals surface area contributed by atoms with E-state index < -0.39 is 0 Å². The van der Waals surface area contributed by atoms with Gasteiger partial charge in [0.2, 0.25) is 0 Å². The van der Waals surface area contributed by atoms with Crippen LogP contribution in [-0.4, -0.2) is 23.1 Å². The summed E-state index contributed by atoms with van der Waals surface area (Å²) in [6.07, 6.45) is 4.67. The Kier molecular flexibility index (Phi) is 6.19. The molecule has 2 aromatic rings. The number of nitrogens with zero attached hydrogens (tertiary/aromatic N) is 3. The van der Waals surface area contributed by atoms with Gasteiger partial charge in [-0.05, 0) is 12.8 Å². The van der Waals surface area contributed by atoms with Gasteiger partial charge in [-0.15, -0.1) is 0 Å². The van der Waals surface area contributed by atoms with E-state index in [9.17, 15) is 0 Å². The van der Waals surface area contributed by atoms with E-state index in [-0.39, 0.29) is 0 Å². The number of unbranched alkanes of at least 4 members (excludes halogenated alkanes) is 2. The molecule has 0 amide bonds. The number of nitrogens with two attached hydrogens (primary N) is 1. The predicted octanol–water partition coefficient (Wildman–Crippen LogP) is 4.13. The van der Waals surface area contributed by atoms with Crippen LogP contribution in [0.4, 0.5) is 11.6 Å². The maximum absolute atomic E-state index is 6.01. The Hall–Kier alpha value is -2.10. The number of benzene rings is 1. The first-order chi connectivity index (χ1) is 10.7. The fourth-order valence-electron chi connectivity index (χ4n) is 2.37. The van der Waals surface area contributed by atoms with E-state index in [2.05, 4.69) is 23.7 Å². The summed E-state index contributed by atoms with van der Waals surface area (Å²) in [6, 6.07) is 11.9. The highest BCUT2D eigenvalue weighted by Crippen LogP contribution is 2.21. The van der Waals surface area contributed by atoms with Crippen molar-refractivity contribution in [2.24, 2.45) is 0 Å². The molecule has 1 aromatic heterocycles. The number of hydrogen-bond acceptors (Lipinski definition) is 4. The van der Waals surface area contributed by atoms with Gasteiger partial charge in [-0.1, -0.05) is 57.0 Å². The van der Waals surface area contributed by atoms with E-state index in [1.165, 1.54) is 12.8 Å². The summed E-state index contributed by atoms with van der Waals surface area (Å²) in [5.41, 5.74) is 7.02. The average Bonchev–Trinajstić information content (AvgIpc) is 2.55. The lowest BCUT2D eigenvalue weighted by molar-refractivity contribution is 0.671. The van der Waals surface area contributed by atoms with Crippen molar-refractivity contribution in [2.45, 2.75) is 39.5 Å². The van der Waals surface area contributed by atoms with Crippen molar-refractivity contribution in [3.8, 4) is 11.4 Å². The van der Waals surface area contributed by atoms with Gasteiger partial charge in [0.25, 0.3) is 0 Å². The molecule has 0 atom stereocenters. The van der Waals surface area contributed by atoms with Crippen LogP contribution >= 0.6 is 0 Å². The summed E-state index contributed by atoms with van der Waals surface area (Å²) in [5.74, 6) is 2.17. The van der Waals surface area contributed by atoms with Crippen molar-refractivity contribution >= 4 is 11.6 Å². The second-order valence-electron chi connectivity index (χ2n) is 5.53. The van der Waals surface area contributed by atoms with Crippen LogP contribution in [0.2, 0.25) is 0 Å². The van der Waals surface area contributed by atoms with Gasteiger partial charge in [0.1, 0.15) is 11.6 Å². The van der Waals surface area contributed by atoms with Gasteiger partial charge in [0.05, 0.1) is 0 Å². The molecule has 0 saturated heterocycles. The van der Waals surface area contributed by atoms with Crippen LogP contribution in [-0.2, 0) is 0 Å². The Morgan fingerprint density at radius 2 is 1.59 bits per heavy atom. The molecule has 0 aliphatic rings. The second-order valence-corrected chi connectivity index (χ2v) is 5.53. The molecule has 22 heavy (non-hydrogen) atoms. The zero-order valence-corrected chi connectivity index (χ0v) is 13.6. The zero-order valence-electron chi connectivity index (χ0n) is 13.6. The van der Waals surface area contributed by atoms with Crippen LogP contribution < -0.4 is 10.6 Å². The fraction of sp³-hybridized carbons (Fsp3) is 0.444. The summed E-state index contributed by atoms with van der Waals surface area (Å²) < 4.78 is 0. The minimum Gasteiger partial charge on any atom is -0.384 e. The lowest BCUT2D eigenvalue weighted by atomic mass is 10.2. The summed E-state index contributed by atoms with van der Waals surface area (Å²) in [7, 11) is 0. The van der Waals surface area contributed by atoms with Gasteiger partial charge >= 0.3 is 0 Å². The molecular weight excluding hydrogens is 272 g/mol. The first kappa shape index (κ1) is 16.3. The van der Waals surface area contributed by atoms with Crippen molar-refractivity contribution in [1.82, 2.24) is 9.97 Å². The Balaban J connectivity index is 2.29. The molecule has 1 heterocycles. The monoisotopic (exact) mass is 298 g/mol. The van der Waals surface area contributed by atoms with Crippen molar-refractivity contribution in [2.75, 3.05) is 23.7 Å². The Bertz CT molecular complexity index is 561. The lowest BCUT2D eigenvalue weighted by Gasteiger charge is -2.24. The third-order valence-electron chi connectivity index (χ3n) is 3.65. The fourth-order valence-corrected chi connectivity index (χ4v) is 2.37. The minimum atomic E-state index is 0.529. The van der Waals surface area contributed by atoms with Crippen LogP contribution in [0, 0.1) is 0 Å². The highest BCUT2D eigenvalue weighted by molar-refractivity contribution is 5.60. The Morgan fingerprint density at radius 1 is 0.955 bits per heavy atom. The lowest BCUT2D eigenvalue weighted by Crippen LogP contribution is -2.27. The van der Waals surface area contributed by atoms with Crippen LogP contribution in [0.25, 0.3) is 11.4 Å². The van der Waals surface area contributed by atoms with Crippen LogP contribution in [0.1, 0.15) is 39.5 Å². The molecule has 4 heteroatoms. The quantitative estimate of drug-likeness (QED) is 0.796. The van der Waals surface area contributed by atoms with Gasteiger partial charge < -0.3 is 10.6 Å². The number of aromatic nitrogens is 2. The standard InChI is InChI=1S/C18H26N4/c1-3-5-12-22(13-6-4-2)17-14-16(19)20-18(21-17)15-10-8-7-9-11-15/h7-11,14H,3-6,12-13H2,1-2H3,(H2,19,20,21). The van der Waals surface area contributed by atoms with Gasteiger partial charge in [-0.3, -0.25) is 0 Å². The second kappa shape index (κ2) is 8.37. The molecule has 0 radical (unpaired) electrons. The summed E-state index contributed by atoms with van der Waals surface area (Å²) in [5, 5.41) is 0. The molecular formula is C18H26N4. The first-order valence-corrected chi connectivity index (χ1v) is 8.19. The number of rotatable bonds is 8. The molecule has 0 fully saturated rings. The Morgan fingerprint density at radius 3 is 2.18 bits per heavy atom. The van der Waals surface area contributed by atoms with Crippen LogP contribution in [0.15, 0.2) is 36.4 Å². The third-order valence-corrected chi connectivity index (χ3v) is 3.65. The molecule has 2 N–H and O–H groups in total.